The van der Waals surface area contributed by atoms with Crippen LogP contribution in [0.4, 0.5) is 0 Å². The third-order valence-electron chi connectivity index (χ3n) is 3.08. The van der Waals surface area contributed by atoms with E-state index in [2.05, 4.69) is 4.89 Å². The maximum absolute atomic E-state index is 12.2. The minimum absolute atomic E-state index is 0.0214. The van der Waals surface area contributed by atoms with Crippen LogP contribution < -0.4 is 14.4 Å². The lowest BCUT2D eigenvalue weighted by Gasteiger charge is -2.11. The first-order chi connectivity index (χ1) is 11.1. The highest BCUT2D eigenvalue weighted by Crippen LogP contribution is 2.28. The third-order valence-corrected chi connectivity index (χ3v) is 4.33. The van der Waals surface area contributed by atoms with Crippen molar-refractivity contribution in [1.82, 2.24) is 4.89 Å². The van der Waals surface area contributed by atoms with Crippen LogP contribution in [0.5, 0.6) is 11.5 Å². The molecule has 1 aromatic heterocycles. The summed E-state index contributed by atoms with van der Waals surface area (Å²) >= 11 is 0. The lowest BCUT2D eigenvalue weighted by molar-refractivity contribution is 0.0904. The molecule has 0 saturated carbocycles. The summed E-state index contributed by atoms with van der Waals surface area (Å²) in [6, 6.07) is 8.08. The van der Waals surface area contributed by atoms with Crippen molar-refractivity contribution in [3.8, 4) is 11.5 Å². The monoisotopic (exact) mass is 341 g/mol. The van der Waals surface area contributed by atoms with E-state index in [4.69, 9.17) is 18.7 Å². The summed E-state index contributed by atoms with van der Waals surface area (Å²) in [6.07, 6.45) is 2.88. The number of rotatable bonds is 9. The molecule has 126 valence electrons. The molecule has 0 aliphatic carbocycles. The van der Waals surface area contributed by atoms with Gasteiger partial charge in [0.2, 0.25) is 0 Å². The largest absolute Gasteiger partial charge is 0.497 e. The van der Waals surface area contributed by atoms with E-state index in [1.54, 1.807) is 12.3 Å². The van der Waals surface area contributed by atoms with Gasteiger partial charge in [0.25, 0.3) is 10.0 Å². The van der Waals surface area contributed by atoms with E-state index in [0.717, 1.165) is 5.76 Å². The van der Waals surface area contributed by atoms with Crippen molar-refractivity contribution in [3.63, 3.8) is 0 Å². The lowest BCUT2D eigenvalue weighted by atomic mass is 10.3. The summed E-state index contributed by atoms with van der Waals surface area (Å²) in [5.74, 6) is 1.50. The second-order valence-electron chi connectivity index (χ2n) is 4.63. The molecule has 0 aliphatic rings. The highest BCUT2D eigenvalue weighted by molar-refractivity contribution is 7.89. The Hall–Kier alpha value is -2.03. The third kappa shape index (κ3) is 4.72. The van der Waals surface area contributed by atoms with Gasteiger partial charge in [-0.1, -0.05) is 4.89 Å². The molecule has 0 unspecified atom stereocenters. The Balaban J connectivity index is 1.91. The van der Waals surface area contributed by atoms with Crippen molar-refractivity contribution in [1.29, 1.82) is 0 Å². The van der Waals surface area contributed by atoms with Gasteiger partial charge in [-0.3, -0.25) is 4.84 Å². The van der Waals surface area contributed by atoms with Crippen LogP contribution in [-0.2, 0) is 21.3 Å². The zero-order valence-corrected chi connectivity index (χ0v) is 13.8. The zero-order valence-electron chi connectivity index (χ0n) is 12.9. The van der Waals surface area contributed by atoms with Crippen LogP contribution in [0, 0.1) is 0 Å². The summed E-state index contributed by atoms with van der Waals surface area (Å²) in [4.78, 5) is 7.11. The normalized spacial score (nSPS) is 11.4. The number of hydrogen-bond donors (Lipinski definition) is 1. The number of furan rings is 1. The molecule has 0 fully saturated rings. The molecule has 0 atom stereocenters. The van der Waals surface area contributed by atoms with Crippen molar-refractivity contribution in [2.24, 2.45) is 0 Å². The molecule has 0 bridgehead atoms. The molecule has 0 spiro atoms. The topological polar surface area (TPSA) is 87.0 Å². The Morgan fingerprint density at radius 2 is 2.00 bits per heavy atom. The minimum atomic E-state index is -3.84. The Bertz CT molecular complexity index is 712. The van der Waals surface area contributed by atoms with Gasteiger partial charge in [0.1, 0.15) is 22.2 Å². The molecule has 7 nitrogen and oxygen atoms in total. The summed E-state index contributed by atoms with van der Waals surface area (Å²) in [6.45, 7) is 0.221. The first-order valence-corrected chi connectivity index (χ1v) is 8.43. The predicted molar refractivity (Wildman–Crippen MR) is 82.8 cm³/mol. The average Bonchev–Trinajstić information content (AvgIpc) is 3.07. The predicted octanol–water partition coefficient (Wildman–Crippen LogP) is 2.14. The van der Waals surface area contributed by atoms with Gasteiger partial charge in [-0.05, 0) is 30.7 Å². The summed E-state index contributed by atoms with van der Waals surface area (Å²) in [7, 11) is -0.962. The SMILES string of the molecule is COc1ccc(S(=O)(=O)NOCCCc2ccco2)c(OC)c1. The van der Waals surface area contributed by atoms with Crippen molar-refractivity contribution in [2.45, 2.75) is 17.7 Å². The molecular weight excluding hydrogens is 322 g/mol. The van der Waals surface area contributed by atoms with Gasteiger partial charge in [0, 0.05) is 12.5 Å². The first kappa shape index (κ1) is 17.3. The molecule has 1 aromatic carbocycles. The van der Waals surface area contributed by atoms with Gasteiger partial charge < -0.3 is 13.9 Å². The molecule has 2 aromatic rings. The van der Waals surface area contributed by atoms with Crippen LogP contribution in [0.3, 0.4) is 0 Å². The van der Waals surface area contributed by atoms with E-state index in [1.807, 2.05) is 6.07 Å². The number of sulfonamides is 1. The van der Waals surface area contributed by atoms with E-state index in [0.29, 0.717) is 18.6 Å². The Kier molecular flexibility index (Phi) is 6.03. The van der Waals surface area contributed by atoms with Crippen LogP contribution in [0.2, 0.25) is 0 Å². The molecule has 2 rings (SSSR count). The molecular formula is C15H19NO6S. The summed E-state index contributed by atoms with van der Waals surface area (Å²) in [5, 5.41) is 0. The Morgan fingerprint density at radius 3 is 2.65 bits per heavy atom. The molecule has 23 heavy (non-hydrogen) atoms. The highest BCUT2D eigenvalue weighted by atomic mass is 32.2. The number of aryl methyl sites for hydroxylation is 1. The Morgan fingerprint density at radius 1 is 1.17 bits per heavy atom. The van der Waals surface area contributed by atoms with Crippen molar-refractivity contribution < 1.29 is 27.1 Å². The number of methoxy groups -OCH3 is 2. The number of nitrogens with one attached hydrogen (secondary N) is 1. The average molecular weight is 341 g/mol. The van der Waals surface area contributed by atoms with Gasteiger partial charge in [-0.2, -0.15) is 0 Å². The van der Waals surface area contributed by atoms with E-state index in [-0.39, 0.29) is 17.3 Å². The maximum atomic E-state index is 12.2. The number of benzene rings is 1. The van der Waals surface area contributed by atoms with Gasteiger partial charge in [0.05, 0.1) is 27.1 Å². The summed E-state index contributed by atoms with van der Waals surface area (Å²) in [5.41, 5.74) is 0. The second kappa shape index (κ2) is 8.00. The van der Waals surface area contributed by atoms with Gasteiger partial charge >= 0.3 is 0 Å². The van der Waals surface area contributed by atoms with Crippen LogP contribution in [0.25, 0.3) is 0 Å². The van der Waals surface area contributed by atoms with Crippen LogP contribution in [0.1, 0.15) is 12.2 Å². The minimum Gasteiger partial charge on any atom is -0.497 e. The van der Waals surface area contributed by atoms with Crippen molar-refractivity contribution >= 4 is 10.0 Å². The maximum Gasteiger partial charge on any atom is 0.266 e. The number of hydrogen-bond acceptors (Lipinski definition) is 6. The number of ether oxygens (including phenoxy) is 2. The van der Waals surface area contributed by atoms with E-state index >= 15 is 0 Å². The van der Waals surface area contributed by atoms with Crippen molar-refractivity contribution in [2.75, 3.05) is 20.8 Å². The zero-order chi connectivity index (χ0) is 16.7. The fourth-order valence-electron chi connectivity index (χ4n) is 1.93. The summed E-state index contributed by atoms with van der Waals surface area (Å²) < 4.78 is 39.8. The molecule has 0 amide bonds. The second-order valence-corrected chi connectivity index (χ2v) is 6.25. The van der Waals surface area contributed by atoms with Gasteiger partial charge in [-0.25, -0.2) is 8.42 Å². The Labute approximate surface area is 135 Å². The molecule has 0 saturated heterocycles. The van der Waals surface area contributed by atoms with Crippen LogP contribution in [0.15, 0.2) is 45.9 Å². The standard InChI is InChI=1S/C15H19NO6S/c1-19-13-7-8-15(14(11-13)20-2)23(17,18)16-22-10-4-6-12-5-3-9-21-12/h3,5,7-9,11,16H,4,6,10H2,1-2H3. The fraction of sp³-hybridized carbons (Fsp3) is 0.333. The fourth-order valence-corrected chi connectivity index (χ4v) is 2.92. The highest BCUT2D eigenvalue weighted by Gasteiger charge is 2.20. The van der Waals surface area contributed by atoms with Gasteiger partial charge in [0.15, 0.2) is 0 Å². The molecule has 0 aliphatic heterocycles. The van der Waals surface area contributed by atoms with Gasteiger partial charge in [-0.15, -0.1) is 0 Å². The van der Waals surface area contributed by atoms with E-state index in [1.165, 1.54) is 32.4 Å². The molecule has 1 heterocycles. The lowest BCUT2D eigenvalue weighted by Crippen LogP contribution is -2.25. The molecule has 8 heteroatoms. The van der Waals surface area contributed by atoms with Crippen LogP contribution >= 0.6 is 0 Å². The van der Waals surface area contributed by atoms with E-state index in [9.17, 15) is 8.42 Å². The van der Waals surface area contributed by atoms with Crippen LogP contribution in [-0.4, -0.2) is 29.2 Å². The molecule has 1 N–H and O–H groups in total. The quantitative estimate of drug-likeness (QED) is 0.555. The van der Waals surface area contributed by atoms with E-state index < -0.39 is 10.0 Å². The smallest absolute Gasteiger partial charge is 0.266 e. The first-order valence-electron chi connectivity index (χ1n) is 6.95. The van der Waals surface area contributed by atoms with Crippen molar-refractivity contribution in [3.05, 3.63) is 42.4 Å². The molecule has 0 radical (unpaired) electrons.